The molecule has 1 unspecified atom stereocenters. The molecule has 1 fully saturated rings. The van der Waals surface area contributed by atoms with Crippen molar-refractivity contribution in [3.8, 4) is 0 Å². The molecule has 0 amide bonds. The normalized spacial score (nSPS) is 26.2. The van der Waals surface area contributed by atoms with Crippen molar-refractivity contribution in [1.82, 2.24) is 0 Å². The summed E-state index contributed by atoms with van der Waals surface area (Å²) in [5, 5.41) is 0. The highest BCUT2D eigenvalue weighted by Crippen LogP contribution is 2.65. The van der Waals surface area contributed by atoms with Crippen LogP contribution in [-0.2, 0) is 0 Å². The number of rotatable bonds is 2. The van der Waals surface area contributed by atoms with E-state index in [-0.39, 0.29) is 11.8 Å². The van der Waals surface area contributed by atoms with Gasteiger partial charge in [0.2, 0.25) is 4.75 Å². The summed E-state index contributed by atoms with van der Waals surface area (Å²) in [5.41, 5.74) is 0. The minimum atomic E-state index is -5.22. The van der Waals surface area contributed by atoms with E-state index in [9.17, 15) is 26.3 Å². The van der Waals surface area contributed by atoms with Crippen LogP contribution in [0.4, 0.5) is 26.3 Å². The van der Waals surface area contributed by atoms with Gasteiger partial charge in [-0.2, -0.15) is 26.3 Å². The molecule has 15 heavy (non-hydrogen) atoms. The van der Waals surface area contributed by atoms with Gasteiger partial charge in [-0.15, -0.1) is 23.5 Å². The second-order valence-electron chi connectivity index (χ2n) is 3.03. The molecular weight excluding hydrogens is 262 g/mol. The maximum absolute atomic E-state index is 12.3. The van der Waals surface area contributed by atoms with Gasteiger partial charge in [0.05, 0.1) is 4.58 Å². The lowest BCUT2D eigenvalue weighted by atomic mass is 10.0. The highest BCUT2D eigenvalue weighted by atomic mass is 32.2. The van der Waals surface area contributed by atoms with Crippen molar-refractivity contribution in [2.45, 2.75) is 35.0 Å². The van der Waals surface area contributed by atoms with Gasteiger partial charge in [0.15, 0.2) is 0 Å². The Balaban J connectivity index is 2.78. The predicted octanol–water partition coefficient (Wildman–Crippen LogP) is 4.07. The fraction of sp³-hybridized carbons (Fsp3) is 1.00. The lowest BCUT2D eigenvalue weighted by Crippen LogP contribution is -2.61. The summed E-state index contributed by atoms with van der Waals surface area (Å²) in [7, 11) is 0. The van der Waals surface area contributed by atoms with Crippen LogP contribution in [0.3, 0.4) is 0 Å². The molecule has 1 saturated heterocycles. The van der Waals surface area contributed by atoms with Gasteiger partial charge in [-0.25, -0.2) is 0 Å². The Hall–Kier alpha value is 0.280. The topological polar surface area (TPSA) is 0 Å². The van der Waals surface area contributed by atoms with Gasteiger partial charge < -0.3 is 0 Å². The van der Waals surface area contributed by atoms with Crippen molar-refractivity contribution in [2.24, 2.45) is 0 Å². The van der Waals surface area contributed by atoms with Crippen molar-refractivity contribution in [2.75, 3.05) is 5.75 Å². The molecule has 1 rings (SSSR count). The fourth-order valence-electron chi connectivity index (χ4n) is 1.25. The fourth-order valence-corrected chi connectivity index (χ4v) is 4.29. The average molecular weight is 270 g/mol. The van der Waals surface area contributed by atoms with Gasteiger partial charge in [-0.3, -0.25) is 0 Å². The number of halogens is 6. The molecule has 0 bridgehead atoms. The van der Waals surface area contributed by atoms with Crippen LogP contribution in [0.5, 0.6) is 0 Å². The Morgan fingerprint density at radius 2 is 1.60 bits per heavy atom. The summed E-state index contributed by atoms with van der Waals surface area (Å²) in [6.45, 7) is 1.70. The Labute approximate surface area is 91.2 Å². The number of hydrogen-bond acceptors (Lipinski definition) is 2. The molecule has 0 N–H and O–H groups in total. The van der Waals surface area contributed by atoms with Gasteiger partial charge in [0, 0.05) is 6.42 Å². The summed E-state index contributed by atoms with van der Waals surface area (Å²) in [6.07, 6.45) is -11.3. The molecule has 1 aliphatic heterocycles. The quantitative estimate of drug-likeness (QED) is 0.694. The average Bonchev–Trinajstić information content (AvgIpc) is 1.89. The predicted molar refractivity (Wildman–Crippen MR) is 49.0 cm³/mol. The third-order valence-corrected chi connectivity index (χ3v) is 5.09. The number of alkyl halides is 6. The van der Waals surface area contributed by atoms with Crippen LogP contribution >= 0.6 is 23.5 Å². The van der Waals surface area contributed by atoms with E-state index in [0.717, 1.165) is 11.8 Å². The molecule has 0 aromatic carbocycles. The summed E-state index contributed by atoms with van der Waals surface area (Å²) < 4.78 is 69.8. The molecule has 1 heterocycles. The minimum absolute atomic E-state index is 0.0275. The van der Waals surface area contributed by atoms with E-state index in [2.05, 4.69) is 0 Å². The third-order valence-electron chi connectivity index (χ3n) is 2.06. The van der Waals surface area contributed by atoms with Crippen molar-refractivity contribution in [3.63, 3.8) is 0 Å². The third kappa shape index (κ3) is 2.20. The Bertz CT molecular complexity index is 211. The van der Waals surface area contributed by atoms with Crippen molar-refractivity contribution in [1.29, 1.82) is 0 Å². The Morgan fingerprint density at radius 3 is 1.87 bits per heavy atom. The van der Waals surface area contributed by atoms with Crippen LogP contribution in [0.2, 0.25) is 0 Å². The molecule has 0 aromatic rings. The van der Waals surface area contributed by atoms with E-state index in [1.54, 1.807) is 6.92 Å². The number of thioether (sulfide) groups is 2. The SMILES string of the molecule is CCSC1CC(C(F)(F)F)(C(F)(F)F)S1. The monoisotopic (exact) mass is 270 g/mol. The van der Waals surface area contributed by atoms with Gasteiger partial charge in [-0.1, -0.05) is 6.92 Å². The zero-order valence-electron chi connectivity index (χ0n) is 7.58. The number of hydrogen-bond donors (Lipinski definition) is 0. The zero-order chi connectivity index (χ0) is 11.9. The molecule has 1 atom stereocenters. The summed E-state index contributed by atoms with van der Waals surface area (Å²) in [6, 6.07) is 0. The summed E-state index contributed by atoms with van der Waals surface area (Å²) >= 11 is 1.09. The first kappa shape index (κ1) is 13.3. The van der Waals surface area contributed by atoms with Gasteiger partial charge >= 0.3 is 12.4 Å². The molecule has 0 radical (unpaired) electrons. The summed E-state index contributed by atoms with van der Waals surface area (Å²) in [5.74, 6) is 0.517. The molecule has 0 nitrogen and oxygen atoms in total. The van der Waals surface area contributed by atoms with E-state index in [1.165, 1.54) is 0 Å². The highest BCUT2D eigenvalue weighted by molar-refractivity contribution is 8.18. The van der Waals surface area contributed by atoms with Crippen LogP contribution in [0.15, 0.2) is 0 Å². The summed E-state index contributed by atoms with van der Waals surface area (Å²) in [4.78, 5) is 0. The lowest BCUT2D eigenvalue weighted by molar-refractivity contribution is -0.269. The van der Waals surface area contributed by atoms with Crippen molar-refractivity contribution >= 4 is 23.5 Å². The first-order valence-corrected chi connectivity index (χ1v) is 6.00. The largest absolute Gasteiger partial charge is 0.412 e. The standard InChI is InChI=1S/C7H8F6S2/c1-2-14-4-3-5(15-4,6(8,9)10)7(11,12)13/h4H,2-3H2,1H3. The van der Waals surface area contributed by atoms with Crippen LogP contribution in [0.25, 0.3) is 0 Å². The van der Waals surface area contributed by atoms with E-state index < -0.39 is 28.1 Å². The molecule has 0 spiro atoms. The smallest absolute Gasteiger partial charge is 0.169 e. The molecule has 90 valence electrons. The molecule has 0 saturated carbocycles. The van der Waals surface area contributed by atoms with Gasteiger partial charge in [-0.05, 0) is 5.75 Å². The Kier molecular flexibility index (Phi) is 3.51. The van der Waals surface area contributed by atoms with E-state index in [0.29, 0.717) is 5.75 Å². The van der Waals surface area contributed by atoms with Gasteiger partial charge in [0.1, 0.15) is 0 Å². The van der Waals surface area contributed by atoms with Crippen LogP contribution in [0, 0.1) is 0 Å². The first-order valence-electron chi connectivity index (χ1n) is 4.07. The van der Waals surface area contributed by atoms with Crippen LogP contribution in [-0.4, -0.2) is 27.4 Å². The molecular formula is C7H8F6S2. The van der Waals surface area contributed by atoms with Gasteiger partial charge in [0.25, 0.3) is 0 Å². The van der Waals surface area contributed by atoms with E-state index in [1.807, 2.05) is 0 Å². The van der Waals surface area contributed by atoms with E-state index in [4.69, 9.17) is 0 Å². The Morgan fingerprint density at radius 1 is 1.20 bits per heavy atom. The molecule has 0 aliphatic carbocycles. The van der Waals surface area contributed by atoms with Crippen LogP contribution < -0.4 is 0 Å². The van der Waals surface area contributed by atoms with Crippen LogP contribution in [0.1, 0.15) is 13.3 Å². The maximum atomic E-state index is 12.3. The zero-order valence-corrected chi connectivity index (χ0v) is 9.21. The molecule has 8 heteroatoms. The molecule has 0 aromatic heterocycles. The second kappa shape index (κ2) is 3.94. The van der Waals surface area contributed by atoms with Crippen molar-refractivity contribution in [3.05, 3.63) is 0 Å². The maximum Gasteiger partial charge on any atom is 0.412 e. The lowest BCUT2D eigenvalue weighted by Gasteiger charge is -2.47. The van der Waals surface area contributed by atoms with E-state index >= 15 is 0 Å². The minimum Gasteiger partial charge on any atom is -0.169 e. The highest BCUT2D eigenvalue weighted by Gasteiger charge is 2.76. The molecule has 1 aliphatic rings. The second-order valence-corrected chi connectivity index (χ2v) is 6.31. The van der Waals surface area contributed by atoms with Crippen molar-refractivity contribution < 1.29 is 26.3 Å². The first-order chi connectivity index (χ1) is 6.64.